The highest BCUT2D eigenvalue weighted by atomic mass is 35.5. The number of aliphatic carboxylic acids is 1. The molecule has 1 N–H and O–H groups in total. The van der Waals surface area contributed by atoms with Crippen LogP contribution in [0.15, 0.2) is 42.5 Å². The fourth-order valence-electron chi connectivity index (χ4n) is 1.93. The first kappa shape index (κ1) is 15.7. The predicted octanol–water partition coefficient (Wildman–Crippen LogP) is 4.38. The maximum atomic E-state index is 11.4. The average Bonchev–Trinajstić information content (AvgIpc) is 2.45. The van der Waals surface area contributed by atoms with E-state index in [2.05, 4.69) is 0 Å². The van der Waals surface area contributed by atoms with Gasteiger partial charge in [-0.1, -0.05) is 53.5 Å². The van der Waals surface area contributed by atoms with E-state index in [4.69, 9.17) is 27.9 Å². The van der Waals surface area contributed by atoms with Crippen molar-refractivity contribution in [2.45, 2.75) is 19.4 Å². The molecule has 0 aliphatic heterocycles. The van der Waals surface area contributed by atoms with Gasteiger partial charge in [0.15, 0.2) is 6.10 Å². The smallest absolute Gasteiger partial charge is 0.345 e. The molecule has 0 radical (unpaired) electrons. The van der Waals surface area contributed by atoms with Gasteiger partial charge in [0, 0.05) is 6.42 Å². The summed E-state index contributed by atoms with van der Waals surface area (Å²) < 4.78 is 5.60. The number of carboxylic acid groups (broad SMARTS) is 1. The Morgan fingerprint density at radius 1 is 1.19 bits per heavy atom. The molecule has 0 saturated carbocycles. The Hall–Kier alpha value is -1.71. The minimum atomic E-state index is -1.05. The van der Waals surface area contributed by atoms with E-state index in [-0.39, 0.29) is 6.42 Å². The standard InChI is InChI=1S/C16H14Cl2O3/c1-10-5-2-3-8-13(10)21-14(16(19)20)9-11-6-4-7-12(17)15(11)18/h2-8,14H,9H2,1H3,(H,19,20)/t14-/m1/s1. The summed E-state index contributed by atoms with van der Waals surface area (Å²) in [6.45, 7) is 1.86. The Kier molecular flexibility index (Phi) is 5.10. The average molecular weight is 325 g/mol. The molecule has 0 aliphatic carbocycles. The molecule has 3 nitrogen and oxygen atoms in total. The van der Waals surface area contributed by atoms with Crippen LogP contribution in [-0.4, -0.2) is 17.2 Å². The number of halogens is 2. The second kappa shape index (κ2) is 6.83. The van der Waals surface area contributed by atoms with Gasteiger partial charge in [-0.25, -0.2) is 4.79 Å². The quantitative estimate of drug-likeness (QED) is 0.887. The summed E-state index contributed by atoms with van der Waals surface area (Å²) in [5.41, 5.74) is 1.52. The zero-order valence-electron chi connectivity index (χ0n) is 11.3. The minimum absolute atomic E-state index is 0.142. The summed E-state index contributed by atoms with van der Waals surface area (Å²) in [4.78, 5) is 11.4. The van der Waals surface area contributed by atoms with Crippen LogP contribution < -0.4 is 4.74 Å². The Morgan fingerprint density at radius 3 is 2.57 bits per heavy atom. The van der Waals surface area contributed by atoms with Crippen molar-refractivity contribution in [2.24, 2.45) is 0 Å². The summed E-state index contributed by atoms with van der Waals surface area (Å²) in [6, 6.07) is 12.4. The van der Waals surface area contributed by atoms with Gasteiger partial charge in [0.05, 0.1) is 10.0 Å². The number of ether oxygens (including phenoxy) is 1. The third kappa shape index (κ3) is 3.90. The van der Waals surface area contributed by atoms with E-state index in [0.29, 0.717) is 21.4 Å². The van der Waals surface area contributed by atoms with E-state index in [1.807, 2.05) is 19.1 Å². The summed E-state index contributed by atoms with van der Waals surface area (Å²) in [5, 5.41) is 10.1. The van der Waals surface area contributed by atoms with E-state index < -0.39 is 12.1 Å². The fourth-order valence-corrected chi connectivity index (χ4v) is 2.32. The molecule has 2 aromatic rings. The van der Waals surface area contributed by atoms with Crippen molar-refractivity contribution in [3.63, 3.8) is 0 Å². The monoisotopic (exact) mass is 324 g/mol. The SMILES string of the molecule is Cc1ccccc1O[C@H](Cc1cccc(Cl)c1Cl)C(=O)O. The van der Waals surface area contributed by atoms with E-state index in [9.17, 15) is 9.90 Å². The second-order valence-corrected chi connectivity index (χ2v) is 5.41. The number of hydrogen-bond acceptors (Lipinski definition) is 2. The summed E-state index contributed by atoms with van der Waals surface area (Å²) in [6.07, 6.45) is -0.884. The molecule has 0 aliphatic rings. The molecule has 21 heavy (non-hydrogen) atoms. The van der Waals surface area contributed by atoms with Crippen LogP contribution in [0.3, 0.4) is 0 Å². The van der Waals surface area contributed by atoms with E-state index in [0.717, 1.165) is 5.56 Å². The molecular weight excluding hydrogens is 311 g/mol. The lowest BCUT2D eigenvalue weighted by Gasteiger charge is -2.17. The normalized spacial score (nSPS) is 12.0. The molecule has 0 heterocycles. The van der Waals surface area contributed by atoms with Gasteiger partial charge in [0.2, 0.25) is 0 Å². The Morgan fingerprint density at radius 2 is 1.90 bits per heavy atom. The third-order valence-corrected chi connectivity index (χ3v) is 3.93. The summed E-state index contributed by atoms with van der Waals surface area (Å²) >= 11 is 12.0. The van der Waals surface area contributed by atoms with Crippen molar-refractivity contribution in [3.05, 3.63) is 63.6 Å². The zero-order chi connectivity index (χ0) is 15.4. The lowest BCUT2D eigenvalue weighted by atomic mass is 10.1. The lowest BCUT2D eigenvalue weighted by molar-refractivity contribution is -0.145. The molecule has 0 bridgehead atoms. The van der Waals surface area contributed by atoms with E-state index in [1.165, 1.54) is 0 Å². The van der Waals surface area contributed by atoms with Crippen LogP contribution in [-0.2, 0) is 11.2 Å². The first-order chi connectivity index (χ1) is 9.99. The van der Waals surface area contributed by atoms with Gasteiger partial charge >= 0.3 is 5.97 Å². The number of carbonyl (C=O) groups is 1. The van der Waals surface area contributed by atoms with Crippen molar-refractivity contribution < 1.29 is 14.6 Å². The summed E-state index contributed by atoms with van der Waals surface area (Å²) in [7, 11) is 0. The molecule has 110 valence electrons. The third-order valence-electron chi connectivity index (χ3n) is 3.08. The molecule has 0 amide bonds. The number of hydrogen-bond donors (Lipinski definition) is 1. The summed E-state index contributed by atoms with van der Waals surface area (Å²) in [5.74, 6) is -0.502. The van der Waals surface area contributed by atoms with Gasteiger partial charge < -0.3 is 9.84 Å². The van der Waals surface area contributed by atoms with Crippen molar-refractivity contribution >= 4 is 29.2 Å². The Labute approximate surface area is 133 Å². The van der Waals surface area contributed by atoms with Crippen LogP contribution >= 0.6 is 23.2 Å². The second-order valence-electron chi connectivity index (χ2n) is 4.63. The molecule has 0 saturated heterocycles. The molecule has 0 fully saturated rings. The van der Waals surface area contributed by atoms with Crippen molar-refractivity contribution in [2.75, 3.05) is 0 Å². The van der Waals surface area contributed by atoms with Gasteiger partial charge in [0.25, 0.3) is 0 Å². The fraction of sp³-hybridized carbons (Fsp3) is 0.188. The molecular formula is C16H14Cl2O3. The zero-order valence-corrected chi connectivity index (χ0v) is 12.9. The highest BCUT2D eigenvalue weighted by Gasteiger charge is 2.22. The molecule has 1 atom stereocenters. The van der Waals surface area contributed by atoms with Crippen LogP contribution in [0.1, 0.15) is 11.1 Å². The van der Waals surface area contributed by atoms with Gasteiger partial charge in [-0.05, 0) is 30.2 Å². The molecule has 2 rings (SSSR count). The first-order valence-electron chi connectivity index (χ1n) is 6.37. The van der Waals surface area contributed by atoms with Crippen LogP contribution in [0.4, 0.5) is 0 Å². The Bertz CT molecular complexity index is 656. The largest absolute Gasteiger partial charge is 0.478 e. The Balaban J connectivity index is 2.22. The van der Waals surface area contributed by atoms with Crippen LogP contribution in [0.25, 0.3) is 0 Å². The van der Waals surface area contributed by atoms with Crippen molar-refractivity contribution in [1.82, 2.24) is 0 Å². The maximum Gasteiger partial charge on any atom is 0.345 e. The van der Waals surface area contributed by atoms with Gasteiger partial charge in [-0.3, -0.25) is 0 Å². The van der Waals surface area contributed by atoms with Gasteiger partial charge in [-0.15, -0.1) is 0 Å². The van der Waals surface area contributed by atoms with Gasteiger partial charge in [0.1, 0.15) is 5.75 Å². The predicted molar refractivity (Wildman–Crippen MR) is 83.4 cm³/mol. The highest BCUT2D eigenvalue weighted by molar-refractivity contribution is 6.42. The maximum absolute atomic E-state index is 11.4. The molecule has 2 aromatic carbocycles. The molecule has 0 spiro atoms. The number of rotatable bonds is 5. The molecule has 0 aromatic heterocycles. The van der Waals surface area contributed by atoms with Crippen LogP contribution in [0.2, 0.25) is 10.0 Å². The number of aryl methyl sites for hydroxylation is 1. The van der Waals surface area contributed by atoms with E-state index >= 15 is 0 Å². The lowest BCUT2D eigenvalue weighted by Crippen LogP contribution is -2.29. The topological polar surface area (TPSA) is 46.5 Å². The van der Waals surface area contributed by atoms with Crippen LogP contribution in [0, 0.1) is 6.92 Å². The highest BCUT2D eigenvalue weighted by Crippen LogP contribution is 2.27. The van der Waals surface area contributed by atoms with Crippen LogP contribution in [0.5, 0.6) is 5.75 Å². The minimum Gasteiger partial charge on any atom is -0.478 e. The van der Waals surface area contributed by atoms with Crippen molar-refractivity contribution in [3.8, 4) is 5.75 Å². The number of benzene rings is 2. The van der Waals surface area contributed by atoms with E-state index in [1.54, 1.807) is 30.3 Å². The first-order valence-corrected chi connectivity index (χ1v) is 7.12. The molecule has 5 heteroatoms. The number of para-hydroxylation sites is 1. The van der Waals surface area contributed by atoms with Gasteiger partial charge in [-0.2, -0.15) is 0 Å². The molecule has 0 unspecified atom stereocenters. The van der Waals surface area contributed by atoms with Crippen molar-refractivity contribution in [1.29, 1.82) is 0 Å². The number of carboxylic acids is 1.